The van der Waals surface area contributed by atoms with E-state index >= 15 is 0 Å². The van der Waals surface area contributed by atoms with Gasteiger partial charge >= 0.3 is 0 Å². The number of carbonyl (C=O) groups is 1. The molecule has 0 bridgehead atoms. The van der Waals surface area contributed by atoms with Crippen LogP contribution in [0.4, 0.5) is 0 Å². The highest BCUT2D eigenvalue weighted by atomic mass is 16.5. The molecule has 0 spiro atoms. The quantitative estimate of drug-likeness (QED) is 0.831. The minimum atomic E-state index is 0.599. The van der Waals surface area contributed by atoms with Crippen LogP contribution in [0, 0.1) is 6.92 Å². The van der Waals surface area contributed by atoms with Gasteiger partial charge in [-0.05, 0) is 6.92 Å². The van der Waals surface area contributed by atoms with Crippen molar-refractivity contribution >= 4 is 17.3 Å². The van der Waals surface area contributed by atoms with Crippen LogP contribution >= 0.6 is 0 Å². The number of ether oxygens (including phenoxy) is 1. The second-order valence-corrected chi connectivity index (χ2v) is 4.70. The number of H-pyrrole nitrogens is 1. The Morgan fingerprint density at radius 3 is 3.00 bits per heavy atom. The van der Waals surface area contributed by atoms with Crippen molar-refractivity contribution in [2.24, 2.45) is 0 Å². The summed E-state index contributed by atoms with van der Waals surface area (Å²) in [5.41, 5.74) is 2.31. The Morgan fingerprint density at radius 2 is 2.26 bits per heavy atom. The van der Waals surface area contributed by atoms with Crippen LogP contribution < -0.4 is 0 Å². The molecule has 1 aliphatic rings. The van der Waals surface area contributed by atoms with Gasteiger partial charge < -0.3 is 9.72 Å². The summed E-state index contributed by atoms with van der Waals surface area (Å²) in [6.07, 6.45) is 2.64. The number of hydrogen-bond acceptors (Lipinski definition) is 5. The van der Waals surface area contributed by atoms with Gasteiger partial charge in [0.1, 0.15) is 11.5 Å². The molecule has 1 saturated heterocycles. The summed E-state index contributed by atoms with van der Waals surface area (Å²) in [7, 11) is 0. The summed E-state index contributed by atoms with van der Waals surface area (Å²) >= 11 is 0. The molecule has 1 N–H and O–H groups in total. The van der Waals surface area contributed by atoms with E-state index in [-0.39, 0.29) is 0 Å². The fourth-order valence-electron chi connectivity index (χ4n) is 2.39. The lowest BCUT2D eigenvalue weighted by Gasteiger charge is -2.26. The maximum absolute atomic E-state index is 11.2. The van der Waals surface area contributed by atoms with Gasteiger partial charge in [-0.2, -0.15) is 0 Å². The highest BCUT2D eigenvalue weighted by Gasteiger charge is 2.17. The lowest BCUT2D eigenvalue weighted by molar-refractivity contribution is 0.0343. The van der Waals surface area contributed by atoms with Crippen LogP contribution in [-0.2, 0) is 11.3 Å². The van der Waals surface area contributed by atoms with E-state index in [1.165, 1.54) is 0 Å². The molecular formula is C13H16N4O2. The topological polar surface area (TPSA) is 71.1 Å². The molecule has 1 aliphatic heterocycles. The van der Waals surface area contributed by atoms with Gasteiger partial charge in [-0.15, -0.1) is 0 Å². The number of nitrogens with one attached hydrogen (secondary N) is 1. The number of aldehydes is 1. The van der Waals surface area contributed by atoms with E-state index in [2.05, 4.69) is 19.9 Å². The number of aromatic nitrogens is 3. The minimum absolute atomic E-state index is 0.599. The zero-order chi connectivity index (χ0) is 13.2. The van der Waals surface area contributed by atoms with E-state index in [0.717, 1.165) is 55.7 Å². The number of fused-ring (bicyclic) bond motifs is 1. The summed E-state index contributed by atoms with van der Waals surface area (Å²) in [6, 6.07) is 0. The predicted octanol–water partition coefficient (Wildman–Crippen LogP) is 0.911. The number of carbonyl (C=O) groups excluding carboxylic acids is 1. The van der Waals surface area contributed by atoms with Gasteiger partial charge in [0.25, 0.3) is 0 Å². The molecule has 0 radical (unpaired) electrons. The average molecular weight is 260 g/mol. The van der Waals surface area contributed by atoms with Crippen molar-refractivity contribution in [2.45, 2.75) is 13.5 Å². The largest absolute Gasteiger partial charge is 0.379 e. The summed E-state index contributed by atoms with van der Waals surface area (Å²) < 4.78 is 5.33. The molecule has 0 amide bonds. The lowest BCUT2D eigenvalue weighted by atomic mass is 10.1. The number of rotatable bonds is 3. The van der Waals surface area contributed by atoms with Crippen LogP contribution in [0.2, 0.25) is 0 Å². The Hall–Kier alpha value is -1.79. The van der Waals surface area contributed by atoms with Crippen molar-refractivity contribution in [3.63, 3.8) is 0 Å². The van der Waals surface area contributed by atoms with Crippen LogP contribution in [0.3, 0.4) is 0 Å². The van der Waals surface area contributed by atoms with Gasteiger partial charge in [0.15, 0.2) is 6.29 Å². The Kier molecular flexibility index (Phi) is 3.27. The second-order valence-electron chi connectivity index (χ2n) is 4.70. The number of morpholine rings is 1. The van der Waals surface area contributed by atoms with Crippen LogP contribution in [0.5, 0.6) is 0 Å². The van der Waals surface area contributed by atoms with Crippen LogP contribution in [0.15, 0.2) is 6.20 Å². The van der Waals surface area contributed by atoms with E-state index in [9.17, 15) is 4.79 Å². The van der Waals surface area contributed by atoms with E-state index in [1.54, 1.807) is 6.20 Å². The Labute approximate surface area is 110 Å². The number of nitrogens with zero attached hydrogens (tertiary/aromatic N) is 3. The Morgan fingerprint density at radius 1 is 1.47 bits per heavy atom. The molecule has 3 rings (SSSR count). The second kappa shape index (κ2) is 5.07. The van der Waals surface area contributed by atoms with E-state index in [1.807, 2.05) is 6.92 Å². The van der Waals surface area contributed by atoms with E-state index < -0.39 is 0 Å². The maximum Gasteiger partial charge on any atom is 0.166 e. The molecule has 19 heavy (non-hydrogen) atoms. The number of hydrogen-bond donors (Lipinski definition) is 1. The normalized spacial score (nSPS) is 16.9. The fraction of sp³-hybridized carbons (Fsp3) is 0.462. The summed E-state index contributed by atoms with van der Waals surface area (Å²) in [5.74, 6) is 0.698. The van der Waals surface area contributed by atoms with E-state index in [0.29, 0.717) is 11.5 Å². The molecule has 0 saturated carbocycles. The third-order valence-corrected chi connectivity index (χ3v) is 3.42. The van der Waals surface area contributed by atoms with Crippen LogP contribution in [0.25, 0.3) is 11.0 Å². The monoisotopic (exact) mass is 260 g/mol. The van der Waals surface area contributed by atoms with Crippen molar-refractivity contribution in [2.75, 3.05) is 26.3 Å². The van der Waals surface area contributed by atoms with Gasteiger partial charge in [0.05, 0.1) is 18.9 Å². The molecule has 6 heteroatoms. The third kappa shape index (κ3) is 2.36. The first-order chi connectivity index (χ1) is 9.28. The molecule has 0 aliphatic carbocycles. The van der Waals surface area contributed by atoms with Crippen molar-refractivity contribution < 1.29 is 9.53 Å². The molecule has 0 atom stereocenters. The van der Waals surface area contributed by atoms with Crippen LogP contribution in [0.1, 0.15) is 21.9 Å². The van der Waals surface area contributed by atoms with Crippen molar-refractivity contribution in [3.8, 4) is 0 Å². The summed E-state index contributed by atoms with van der Waals surface area (Å²) in [6.45, 7) is 5.82. The van der Waals surface area contributed by atoms with Crippen molar-refractivity contribution in [1.82, 2.24) is 19.9 Å². The Balaban J connectivity index is 1.98. The number of aryl methyl sites for hydroxylation is 1. The standard InChI is InChI=1S/C13H16N4O2/c1-9-14-6-10-11(7-17-2-4-19-5-3-17)12(8-18)16-13(10)15-9/h6,8H,2-5,7H2,1H3,(H,14,15,16). The highest BCUT2D eigenvalue weighted by Crippen LogP contribution is 2.21. The molecule has 1 fully saturated rings. The lowest BCUT2D eigenvalue weighted by Crippen LogP contribution is -2.35. The molecule has 2 aromatic heterocycles. The number of aromatic amines is 1. The molecular weight excluding hydrogens is 244 g/mol. The Bertz CT molecular complexity index is 602. The first kappa shape index (κ1) is 12.3. The highest BCUT2D eigenvalue weighted by molar-refractivity contribution is 5.89. The van der Waals surface area contributed by atoms with Gasteiger partial charge in [0.2, 0.25) is 0 Å². The third-order valence-electron chi connectivity index (χ3n) is 3.42. The predicted molar refractivity (Wildman–Crippen MR) is 70.1 cm³/mol. The molecule has 0 aromatic carbocycles. The average Bonchev–Trinajstić information content (AvgIpc) is 2.77. The zero-order valence-corrected chi connectivity index (χ0v) is 10.8. The summed E-state index contributed by atoms with van der Waals surface area (Å²) in [4.78, 5) is 25.1. The van der Waals surface area contributed by atoms with Crippen molar-refractivity contribution in [3.05, 3.63) is 23.3 Å². The SMILES string of the molecule is Cc1ncc2c(CN3CCOCC3)c(C=O)[nH]c2n1. The van der Waals surface area contributed by atoms with Gasteiger partial charge in [-0.25, -0.2) is 9.97 Å². The van der Waals surface area contributed by atoms with Crippen molar-refractivity contribution in [1.29, 1.82) is 0 Å². The van der Waals surface area contributed by atoms with Gasteiger partial charge in [0, 0.05) is 36.8 Å². The molecule has 0 unspecified atom stereocenters. The minimum Gasteiger partial charge on any atom is -0.379 e. The first-order valence-corrected chi connectivity index (χ1v) is 6.37. The zero-order valence-electron chi connectivity index (χ0n) is 10.8. The van der Waals surface area contributed by atoms with Gasteiger partial charge in [-0.3, -0.25) is 9.69 Å². The first-order valence-electron chi connectivity index (χ1n) is 6.37. The molecule has 3 heterocycles. The molecule has 100 valence electrons. The van der Waals surface area contributed by atoms with E-state index in [4.69, 9.17) is 4.74 Å². The van der Waals surface area contributed by atoms with Crippen LogP contribution in [-0.4, -0.2) is 52.4 Å². The summed E-state index contributed by atoms with van der Waals surface area (Å²) in [5, 5.41) is 0.930. The smallest absolute Gasteiger partial charge is 0.166 e. The molecule has 2 aromatic rings. The van der Waals surface area contributed by atoms with Gasteiger partial charge in [-0.1, -0.05) is 0 Å². The fourth-order valence-corrected chi connectivity index (χ4v) is 2.39. The maximum atomic E-state index is 11.2. The molecule has 6 nitrogen and oxygen atoms in total.